The second kappa shape index (κ2) is 8.02. The normalized spacial score (nSPS) is 13.0. The molecule has 1 atom stereocenters. The molecular formula is C13H20INO2. The van der Waals surface area contributed by atoms with Gasteiger partial charge in [0.15, 0.2) is 6.29 Å². The molecule has 0 aliphatic heterocycles. The lowest BCUT2D eigenvalue weighted by atomic mass is 10.1. The number of hydrogen-bond acceptors (Lipinski definition) is 3. The van der Waals surface area contributed by atoms with Crippen molar-refractivity contribution in [3.8, 4) is 0 Å². The van der Waals surface area contributed by atoms with Gasteiger partial charge < -0.3 is 14.8 Å². The van der Waals surface area contributed by atoms with Crippen LogP contribution in [-0.4, -0.2) is 33.1 Å². The first kappa shape index (κ1) is 14.9. The molecule has 3 nitrogen and oxygen atoms in total. The first-order valence-electron chi connectivity index (χ1n) is 5.74. The number of likely N-dealkylation sites (N-methyl/N-ethyl adjacent to an activating group) is 1. The Balaban J connectivity index is 2.68. The van der Waals surface area contributed by atoms with Gasteiger partial charge in [-0.05, 0) is 53.3 Å². The fraction of sp³-hybridized carbons (Fsp3) is 0.538. The lowest BCUT2D eigenvalue weighted by Crippen LogP contribution is -2.43. The fourth-order valence-corrected chi connectivity index (χ4v) is 2.19. The number of halogens is 1. The zero-order chi connectivity index (χ0) is 12.7. The molecule has 0 spiro atoms. The van der Waals surface area contributed by atoms with E-state index in [1.54, 1.807) is 14.2 Å². The van der Waals surface area contributed by atoms with Crippen molar-refractivity contribution in [1.82, 2.24) is 5.32 Å². The molecule has 1 rings (SSSR count). The number of methoxy groups -OCH3 is 2. The molecule has 1 aromatic carbocycles. The Bertz CT molecular complexity index is 312. The van der Waals surface area contributed by atoms with Crippen LogP contribution in [-0.2, 0) is 15.9 Å². The Morgan fingerprint density at radius 2 is 1.76 bits per heavy atom. The molecule has 0 amide bonds. The van der Waals surface area contributed by atoms with Crippen LogP contribution in [0.4, 0.5) is 0 Å². The summed E-state index contributed by atoms with van der Waals surface area (Å²) in [6, 6.07) is 8.71. The molecule has 1 aromatic rings. The smallest absolute Gasteiger partial charge is 0.172 e. The Morgan fingerprint density at radius 1 is 1.18 bits per heavy atom. The Kier molecular flexibility index (Phi) is 7.03. The molecule has 4 heteroatoms. The van der Waals surface area contributed by atoms with Crippen molar-refractivity contribution in [3.63, 3.8) is 0 Å². The van der Waals surface area contributed by atoms with Crippen molar-refractivity contribution in [2.45, 2.75) is 25.7 Å². The number of ether oxygens (including phenoxy) is 2. The van der Waals surface area contributed by atoms with Crippen LogP contribution in [0.15, 0.2) is 24.3 Å². The Morgan fingerprint density at radius 3 is 2.24 bits per heavy atom. The highest BCUT2D eigenvalue weighted by atomic mass is 127. The van der Waals surface area contributed by atoms with E-state index < -0.39 is 0 Å². The summed E-state index contributed by atoms with van der Waals surface area (Å²) in [5, 5.41) is 3.40. The summed E-state index contributed by atoms with van der Waals surface area (Å²) < 4.78 is 11.9. The predicted molar refractivity (Wildman–Crippen MR) is 78.1 cm³/mol. The van der Waals surface area contributed by atoms with E-state index >= 15 is 0 Å². The molecule has 0 fully saturated rings. The van der Waals surface area contributed by atoms with E-state index in [0.29, 0.717) is 0 Å². The van der Waals surface area contributed by atoms with Gasteiger partial charge in [0.25, 0.3) is 0 Å². The topological polar surface area (TPSA) is 30.5 Å². The van der Waals surface area contributed by atoms with Crippen LogP contribution in [0.25, 0.3) is 0 Å². The van der Waals surface area contributed by atoms with Gasteiger partial charge in [-0.15, -0.1) is 0 Å². The quantitative estimate of drug-likeness (QED) is 0.606. The van der Waals surface area contributed by atoms with E-state index in [1.165, 1.54) is 9.13 Å². The first-order valence-corrected chi connectivity index (χ1v) is 6.82. The zero-order valence-corrected chi connectivity index (χ0v) is 12.7. The third-order valence-corrected chi connectivity index (χ3v) is 3.35. The standard InChI is InChI=1S/C13H20INO2/c1-4-15-12(13(16-2)17-3)9-10-5-7-11(14)8-6-10/h5-8,12-13,15H,4,9H2,1-3H3. The molecule has 1 unspecified atom stereocenters. The van der Waals surface area contributed by atoms with Crippen LogP contribution in [0.2, 0.25) is 0 Å². The average molecular weight is 349 g/mol. The molecule has 0 aromatic heterocycles. The Hall–Kier alpha value is -0.170. The highest BCUT2D eigenvalue weighted by molar-refractivity contribution is 14.1. The minimum Gasteiger partial charge on any atom is -0.354 e. The van der Waals surface area contributed by atoms with Gasteiger partial charge in [-0.2, -0.15) is 0 Å². The van der Waals surface area contributed by atoms with Gasteiger partial charge in [0.05, 0.1) is 6.04 Å². The maximum absolute atomic E-state index is 5.32. The predicted octanol–water partition coefficient (Wildman–Crippen LogP) is 2.43. The van der Waals surface area contributed by atoms with Crippen molar-refractivity contribution < 1.29 is 9.47 Å². The van der Waals surface area contributed by atoms with Crippen LogP contribution in [0.3, 0.4) is 0 Å². The monoisotopic (exact) mass is 349 g/mol. The van der Waals surface area contributed by atoms with Crippen LogP contribution < -0.4 is 5.32 Å². The van der Waals surface area contributed by atoms with Crippen LogP contribution in [0, 0.1) is 3.57 Å². The molecule has 0 aliphatic rings. The molecule has 17 heavy (non-hydrogen) atoms. The molecule has 0 radical (unpaired) electrons. The van der Waals surface area contributed by atoms with Gasteiger partial charge in [-0.25, -0.2) is 0 Å². The highest BCUT2D eigenvalue weighted by Crippen LogP contribution is 2.11. The summed E-state index contributed by atoms with van der Waals surface area (Å²) in [5.74, 6) is 0. The van der Waals surface area contributed by atoms with Crippen molar-refractivity contribution >= 4 is 22.6 Å². The summed E-state index contributed by atoms with van der Waals surface area (Å²) in [6.07, 6.45) is 0.686. The summed E-state index contributed by atoms with van der Waals surface area (Å²) in [6.45, 7) is 2.99. The first-order chi connectivity index (χ1) is 8.21. The minimum absolute atomic E-state index is 0.176. The third-order valence-electron chi connectivity index (χ3n) is 2.63. The van der Waals surface area contributed by atoms with Crippen molar-refractivity contribution in [1.29, 1.82) is 0 Å². The third kappa shape index (κ3) is 4.91. The zero-order valence-electron chi connectivity index (χ0n) is 10.6. The molecule has 1 N–H and O–H groups in total. The van der Waals surface area contributed by atoms with Crippen molar-refractivity contribution in [2.24, 2.45) is 0 Å². The molecular weight excluding hydrogens is 329 g/mol. The number of benzene rings is 1. The van der Waals surface area contributed by atoms with E-state index in [1.807, 2.05) is 0 Å². The van der Waals surface area contributed by atoms with E-state index in [9.17, 15) is 0 Å². The lowest BCUT2D eigenvalue weighted by Gasteiger charge is -2.25. The van der Waals surface area contributed by atoms with Crippen LogP contribution in [0.1, 0.15) is 12.5 Å². The molecule has 0 heterocycles. The van der Waals surface area contributed by atoms with E-state index in [4.69, 9.17) is 9.47 Å². The summed E-state index contributed by atoms with van der Waals surface area (Å²) in [4.78, 5) is 0. The molecule has 0 bridgehead atoms. The van der Waals surface area contributed by atoms with E-state index in [2.05, 4.69) is 59.1 Å². The van der Waals surface area contributed by atoms with Gasteiger partial charge in [0.2, 0.25) is 0 Å². The van der Waals surface area contributed by atoms with Gasteiger partial charge in [-0.1, -0.05) is 19.1 Å². The molecule has 96 valence electrons. The maximum Gasteiger partial charge on any atom is 0.172 e. The summed E-state index contributed by atoms with van der Waals surface area (Å²) in [5.41, 5.74) is 1.29. The summed E-state index contributed by atoms with van der Waals surface area (Å²) in [7, 11) is 3.35. The largest absolute Gasteiger partial charge is 0.354 e. The summed E-state index contributed by atoms with van der Waals surface area (Å²) >= 11 is 2.31. The number of hydrogen-bond donors (Lipinski definition) is 1. The van der Waals surface area contributed by atoms with Gasteiger partial charge in [0.1, 0.15) is 0 Å². The van der Waals surface area contributed by atoms with Gasteiger partial charge >= 0.3 is 0 Å². The van der Waals surface area contributed by atoms with Crippen LogP contribution >= 0.6 is 22.6 Å². The van der Waals surface area contributed by atoms with Gasteiger partial charge in [0, 0.05) is 17.8 Å². The molecule has 0 aliphatic carbocycles. The van der Waals surface area contributed by atoms with Gasteiger partial charge in [-0.3, -0.25) is 0 Å². The second-order valence-corrected chi connectivity index (χ2v) is 5.08. The fourth-order valence-electron chi connectivity index (χ4n) is 1.83. The maximum atomic E-state index is 5.32. The SMILES string of the molecule is CCNC(Cc1ccc(I)cc1)C(OC)OC. The molecule has 0 saturated carbocycles. The number of nitrogens with one attached hydrogen (secondary N) is 1. The van der Waals surface area contributed by atoms with Crippen LogP contribution in [0.5, 0.6) is 0 Å². The minimum atomic E-state index is -0.214. The van der Waals surface area contributed by atoms with Crippen molar-refractivity contribution in [3.05, 3.63) is 33.4 Å². The van der Waals surface area contributed by atoms with E-state index in [0.717, 1.165) is 13.0 Å². The van der Waals surface area contributed by atoms with E-state index in [-0.39, 0.29) is 12.3 Å². The average Bonchev–Trinajstić information content (AvgIpc) is 2.34. The second-order valence-electron chi connectivity index (χ2n) is 3.83. The lowest BCUT2D eigenvalue weighted by molar-refractivity contribution is -0.122. The van der Waals surface area contributed by atoms with Crippen molar-refractivity contribution in [2.75, 3.05) is 20.8 Å². The number of rotatable bonds is 7. The molecule has 0 saturated heterocycles. The highest BCUT2D eigenvalue weighted by Gasteiger charge is 2.20. The Labute approximate surface area is 117 Å².